The van der Waals surface area contributed by atoms with Crippen LogP contribution in [-0.4, -0.2) is 77.7 Å². The summed E-state index contributed by atoms with van der Waals surface area (Å²) in [6.45, 7) is 6.34. The number of fused-ring (bicyclic) bond motifs is 2. The van der Waals surface area contributed by atoms with Crippen molar-refractivity contribution in [2.45, 2.75) is 80.8 Å². The number of ether oxygens (including phenoxy) is 1. The predicted octanol–water partition coefficient (Wildman–Crippen LogP) is 4.64. The number of sulfone groups is 1. The molecule has 2 aromatic rings. The Hall–Kier alpha value is -3.69. The topological polar surface area (TPSA) is 159 Å². The van der Waals surface area contributed by atoms with Gasteiger partial charge >= 0.3 is 6.09 Å². The number of halogens is 4. The van der Waals surface area contributed by atoms with Gasteiger partial charge in [-0.05, 0) is 76.0 Å². The second kappa shape index (κ2) is 13.2. The number of aliphatic hydroxyl groups is 1. The molecule has 2 aliphatic carbocycles. The second-order valence-electron chi connectivity index (χ2n) is 14.1. The number of carbonyl (C=O) groups excluding carboxylic acids is 4. The Morgan fingerprint density at radius 2 is 1.73 bits per heavy atom. The van der Waals surface area contributed by atoms with Gasteiger partial charge in [-0.1, -0.05) is 18.5 Å². The van der Waals surface area contributed by atoms with Crippen LogP contribution in [0.3, 0.4) is 0 Å². The normalized spacial score (nSPS) is 26.8. The maximum Gasteiger partial charge on any atom is 0.411 e. The number of rotatable bonds is 7. The van der Waals surface area contributed by atoms with Gasteiger partial charge in [0.25, 0.3) is 5.91 Å². The van der Waals surface area contributed by atoms with Crippen LogP contribution in [0.4, 0.5) is 23.7 Å². The molecule has 3 amide bonds. The van der Waals surface area contributed by atoms with Crippen LogP contribution in [-0.2, 0) is 24.2 Å². The first-order valence-corrected chi connectivity index (χ1v) is 17.6. The molecular weight excluding hydrogens is 691 g/mol. The van der Waals surface area contributed by atoms with E-state index in [0.29, 0.717) is 18.6 Å². The Labute approximate surface area is 286 Å². The summed E-state index contributed by atoms with van der Waals surface area (Å²) in [6, 6.07) is 3.52. The summed E-state index contributed by atoms with van der Waals surface area (Å²) in [4.78, 5) is 51.7. The number of benzene rings is 2. The molecule has 2 unspecified atom stereocenters. The summed E-state index contributed by atoms with van der Waals surface area (Å²) in [6.07, 6.45) is -0.518. The summed E-state index contributed by atoms with van der Waals surface area (Å²) in [5.41, 5.74) is -2.91. The Balaban J connectivity index is 1.30. The molecule has 2 bridgehead atoms. The van der Waals surface area contributed by atoms with Crippen LogP contribution >= 0.6 is 11.6 Å². The van der Waals surface area contributed by atoms with Gasteiger partial charge in [-0.3, -0.25) is 19.3 Å². The maximum atomic E-state index is 14.0. The van der Waals surface area contributed by atoms with E-state index in [1.807, 2.05) is 6.92 Å². The lowest BCUT2D eigenvalue weighted by molar-refractivity contribution is -0.129. The van der Waals surface area contributed by atoms with Crippen LogP contribution < -0.4 is 10.6 Å². The lowest BCUT2D eigenvalue weighted by Crippen LogP contribution is -2.57. The average Bonchev–Trinajstić information content (AvgIpc) is 3.42. The highest BCUT2D eigenvalue weighted by Gasteiger charge is 2.58. The summed E-state index contributed by atoms with van der Waals surface area (Å²) in [5.74, 6) is -7.87. The Morgan fingerprint density at radius 1 is 1.08 bits per heavy atom. The minimum Gasteiger partial charge on any atom is -0.444 e. The quantitative estimate of drug-likeness (QED) is 0.348. The average molecular weight is 728 g/mol. The molecule has 1 heterocycles. The van der Waals surface area contributed by atoms with Crippen LogP contribution in [0.15, 0.2) is 35.2 Å². The fraction of sp³-hybridized carbons (Fsp3) is 0.515. The van der Waals surface area contributed by atoms with Gasteiger partial charge in [0.1, 0.15) is 11.6 Å². The van der Waals surface area contributed by atoms with Crippen molar-refractivity contribution in [2.24, 2.45) is 17.8 Å². The van der Waals surface area contributed by atoms with E-state index in [2.05, 4.69) is 10.6 Å². The Bertz CT molecular complexity index is 1800. The summed E-state index contributed by atoms with van der Waals surface area (Å²) in [5, 5.41) is 15.6. The van der Waals surface area contributed by atoms with E-state index >= 15 is 0 Å². The minimum atomic E-state index is -4.20. The number of hydrogen-bond donors (Lipinski definition) is 3. The molecule has 3 N–H and O–H groups in total. The highest BCUT2D eigenvalue weighted by atomic mass is 35.5. The fourth-order valence-electron chi connectivity index (χ4n) is 7.23. The van der Waals surface area contributed by atoms with E-state index < -0.39 is 79.5 Å². The largest absolute Gasteiger partial charge is 0.444 e. The van der Waals surface area contributed by atoms with E-state index in [1.54, 1.807) is 20.8 Å². The zero-order chi connectivity index (χ0) is 36.2. The van der Waals surface area contributed by atoms with Gasteiger partial charge in [-0.25, -0.2) is 26.4 Å². The SMILES string of the molecule is C[C@H]1CC2C[C@@H](S(=O)(=O)c3cc(C(=O)Nc4cc(F)c(F)c(F)c4)ccc3Cl)CC1[C@@]2(O)CNC(=O)[C@@H]1CC(=O)CN1C(=O)OC(C)(C)C. The summed E-state index contributed by atoms with van der Waals surface area (Å²) < 4.78 is 74.0. The first-order chi connectivity index (χ1) is 22.7. The molecule has 0 radical (unpaired) electrons. The molecule has 2 saturated carbocycles. The number of carbonyl (C=O) groups is 4. The third-order valence-corrected chi connectivity index (χ3v) is 12.2. The van der Waals surface area contributed by atoms with Crippen LogP contribution in [0.1, 0.15) is 63.7 Å². The molecule has 0 aromatic heterocycles. The van der Waals surface area contributed by atoms with Gasteiger partial charge in [-0.2, -0.15) is 0 Å². The predicted molar refractivity (Wildman–Crippen MR) is 171 cm³/mol. The molecule has 0 spiro atoms. The number of hydrogen-bond acceptors (Lipinski definition) is 8. The minimum absolute atomic E-state index is 0.0131. The van der Waals surface area contributed by atoms with Crippen LogP contribution in [0, 0.1) is 35.2 Å². The number of Topliss-reactive ketones (excluding diaryl/α,β-unsaturated/α-hetero) is 1. The standard InChI is InChI=1S/C33H37ClF3N3O8S/c1-16-7-18-9-21(13-22(16)33(18,45)15-38-30(43)26-12-20(41)14-40(26)31(44)48-32(2,3)4)49(46,47)27-8-17(5-6-23(27)34)29(42)39-19-10-24(35)28(37)25(36)11-19/h5-6,8,10-11,16,18,21-22,26,45H,7,9,12-15H2,1-4H3,(H,38,43)(H,39,42)/t16-,18?,21+,22?,26-,33+/m0/s1. The lowest BCUT2D eigenvalue weighted by atomic mass is 9.73. The molecule has 6 atom stereocenters. The molecule has 3 fully saturated rings. The Morgan fingerprint density at radius 3 is 2.35 bits per heavy atom. The highest BCUT2D eigenvalue weighted by molar-refractivity contribution is 7.92. The molecule has 1 aliphatic heterocycles. The van der Waals surface area contributed by atoms with Gasteiger partial charge in [0, 0.05) is 36.3 Å². The molecule has 3 aliphatic rings. The molecule has 266 valence electrons. The van der Waals surface area contributed by atoms with Crippen LogP contribution in [0.25, 0.3) is 0 Å². The molecule has 2 aromatic carbocycles. The molecule has 1 saturated heterocycles. The molecule has 16 heteroatoms. The Kier molecular flexibility index (Phi) is 9.87. The van der Waals surface area contributed by atoms with Gasteiger partial charge in [-0.15, -0.1) is 0 Å². The molecule has 11 nitrogen and oxygen atoms in total. The molecular formula is C33H37ClF3N3O8S. The second-order valence-corrected chi connectivity index (χ2v) is 16.7. The van der Waals surface area contributed by atoms with Gasteiger partial charge in [0.2, 0.25) is 5.91 Å². The number of likely N-dealkylation sites (tertiary alicyclic amines) is 1. The van der Waals surface area contributed by atoms with Crippen LogP contribution in [0.2, 0.25) is 5.02 Å². The van der Waals surface area contributed by atoms with Crippen molar-refractivity contribution in [1.82, 2.24) is 10.2 Å². The molecule has 49 heavy (non-hydrogen) atoms. The maximum absolute atomic E-state index is 14.0. The van der Waals surface area contributed by atoms with Crippen molar-refractivity contribution in [3.05, 3.63) is 58.4 Å². The monoisotopic (exact) mass is 727 g/mol. The number of ketones is 1. The zero-order valence-corrected chi connectivity index (χ0v) is 28.8. The van der Waals surface area contributed by atoms with Crippen molar-refractivity contribution >= 4 is 50.8 Å². The first-order valence-electron chi connectivity index (χ1n) is 15.7. The zero-order valence-electron chi connectivity index (χ0n) is 27.2. The van der Waals surface area contributed by atoms with Crippen LogP contribution in [0.5, 0.6) is 0 Å². The van der Waals surface area contributed by atoms with Crippen molar-refractivity contribution < 1.29 is 50.6 Å². The first kappa shape index (κ1) is 36.6. The number of nitrogens with one attached hydrogen (secondary N) is 2. The van der Waals surface area contributed by atoms with E-state index in [-0.39, 0.29) is 65.2 Å². The van der Waals surface area contributed by atoms with Crippen molar-refractivity contribution in [2.75, 3.05) is 18.4 Å². The van der Waals surface area contributed by atoms with Gasteiger partial charge < -0.3 is 20.5 Å². The lowest BCUT2D eigenvalue weighted by Gasteiger charge is -2.43. The highest BCUT2D eigenvalue weighted by Crippen LogP contribution is 2.54. The van der Waals surface area contributed by atoms with Gasteiger partial charge in [0.05, 0.1) is 27.3 Å². The van der Waals surface area contributed by atoms with E-state index in [1.165, 1.54) is 12.1 Å². The fourth-order valence-corrected chi connectivity index (χ4v) is 9.61. The molecule has 5 rings (SSSR count). The number of amides is 3. The number of nitrogens with zero attached hydrogens (tertiary/aromatic N) is 1. The third kappa shape index (κ3) is 7.29. The van der Waals surface area contributed by atoms with Crippen molar-refractivity contribution in [3.8, 4) is 0 Å². The van der Waals surface area contributed by atoms with Crippen molar-refractivity contribution in [1.29, 1.82) is 0 Å². The smallest absolute Gasteiger partial charge is 0.411 e. The third-order valence-electron chi connectivity index (χ3n) is 9.56. The summed E-state index contributed by atoms with van der Waals surface area (Å²) in [7, 11) is -4.20. The summed E-state index contributed by atoms with van der Waals surface area (Å²) >= 11 is 6.31. The van der Waals surface area contributed by atoms with E-state index in [9.17, 15) is 45.9 Å². The van der Waals surface area contributed by atoms with Gasteiger partial charge in [0.15, 0.2) is 33.1 Å². The van der Waals surface area contributed by atoms with E-state index in [0.717, 1.165) is 11.0 Å². The van der Waals surface area contributed by atoms with Crippen molar-refractivity contribution in [3.63, 3.8) is 0 Å². The number of anilines is 1. The van der Waals surface area contributed by atoms with E-state index in [4.69, 9.17) is 16.3 Å².